The molecule has 1 aromatic carbocycles. The first-order chi connectivity index (χ1) is 11.6. The quantitative estimate of drug-likeness (QED) is 0.929. The number of cyclic esters (lactones) is 1. The van der Waals surface area contributed by atoms with E-state index in [1.54, 1.807) is 4.90 Å². The van der Waals surface area contributed by atoms with Crippen molar-refractivity contribution in [2.24, 2.45) is 0 Å². The minimum atomic E-state index is -0.378. The molecule has 1 fully saturated rings. The molecule has 126 valence electrons. The van der Waals surface area contributed by atoms with Crippen LogP contribution in [0.2, 0.25) is 0 Å². The minimum absolute atomic E-state index is 0.132. The number of fused-ring (bicyclic) bond motifs is 3. The van der Waals surface area contributed by atoms with Gasteiger partial charge in [-0.15, -0.1) is 0 Å². The lowest BCUT2D eigenvalue weighted by molar-refractivity contribution is -0.119. The van der Waals surface area contributed by atoms with E-state index < -0.39 is 0 Å². The lowest BCUT2D eigenvalue weighted by atomic mass is 10.2. The van der Waals surface area contributed by atoms with Crippen molar-refractivity contribution < 1.29 is 19.1 Å². The van der Waals surface area contributed by atoms with E-state index in [9.17, 15) is 9.59 Å². The van der Waals surface area contributed by atoms with Crippen LogP contribution in [0, 0.1) is 0 Å². The second-order valence-electron chi connectivity index (χ2n) is 6.14. The zero-order valence-corrected chi connectivity index (χ0v) is 13.4. The molecule has 1 unspecified atom stereocenters. The third-order valence-corrected chi connectivity index (χ3v) is 4.44. The van der Waals surface area contributed by atoms with E-state index in [1.165, 1.54) is 6.92 Å². The van der Waals surface area contributed by atoms with Gasteiger partial charge in [-0.2, -0.15) is 0 Å². The number of anilines is 1. The van der Waals surface area contributed by atoms with E-state index in [-0.39, 0.29) is 18.1 Å². The van der Waals surface area contributed by atoms with Gasteiger partial charge >= 0.3 is 6.09 Å². The maximum atomic E-state index is 12.1. The van der Waals surface area contributed by atoms with Crippen molar-refractivity contribution >= 4 is 28.6 Å². The van der Waals surface area contributed by atoms with Gasteiger partial charge in [-0.1, -0.05) is 0 Å². The molecular weight excluding hydrogens is 310 g/mol. The molecule has 1 N–H and O–H groups in total. The van der Waals surface area contributed by atoms with E-state index in [1.807, 2.05) is 18.2 Å². The number of rotatable bonds is 3. The van der Waals surface area contributed by atoms with Crippen LogP contribution in [0.5, 0.6) is 0 Å². The van der Waals surface area contributed by atoms with Gasteiger partial charge in [0.1, 0.15) is 6.10 Å². The summed E-state index contributed by atoms with van der Waals surface area (Å²) in [4.78, 5) is 24.7. The fourth-order valence-electron chi connectivity index (χ4n) is 3.30. The summed E-state index contributed by atoms with van der Waals surface area (Å²) in [6.45, 7) is 4.40. The molecule has 1 aromatic heterocycles. The summed E-state index contributed by atoms with van der Waals surface area (Å²) in [5.74, 6) is -0.132. The van der Waals surface area contributed by atoms with Crippen LogP contribution in [0.3, 0.4) is 0 Å². The Morgan fingerprint density at radius 1 is 1.38 bits per heavy atom. The van der Waals surface area contributed by atoms with E-state index in [2.05, 4.69) is 16.0 Å². The summed E-state index contributed by atoms with van der Waals surface area (Å²) < 4.78 is 13.1. The molecule has 1 saturated heterocycles. The van der Waals surface area contributed by atoms with Crippen LogP contribution in [0.1, 0.15) is 12.6 Å². The van der Waals surface area contributed by atoms with Crippen molar-refractivity contribution in [1.82, 2.24) is 9.88 Å². The van der Waals surface area contributed by atoms with Gasteiger partial charge in [-0.05, 0) is 24.3 Å². The van der Waals surface area contributed by atoms with E-state index in [4.69, 9.17) is 9.47 Å². The predicted octanol–water partition coefficient (Wildman–Crippen LogP) is 1.63. The average Bonchev–Trinajstić information content (AvgIpc) is 3.12. The molecule has 1 atom stereocenters. The third kappa shape index (κ3) is 2.60. The van der Waals surface area contributed by atoms with Crippen molar-refractivity contribution in [1.29, 1.82) is 0 Å². The molecule has 0 spiro atoms. The Bertz CT molecular complexity index is 814. The molecule has 2 aliphatic rings. The van der Waals surface area contributed by atoms with Crippen LogP contribution in [-0.2, 0) is 27.4 Å². The number of nitrogens with one attached hydrogen (secondary N) is 1. The van der Waals surface area contributed by atoms with Gasteiger partial charge in [-0.3, -0.25) is 9.69 Å². The molecule has 2 aliphatic heterocycles. The highest BCUT2D eigenvalue weighted by Gasteiger charge is 2.32. The topological polar surface area (TPSA) is 72.8 Å². The second-order valence-corrected chi connectivity index (χ2v) is 6.14. The summed E-state index contributed by atoms with van der Waals surface area (Å²) in [6.07, 6.45) is -0.704. The summed E-state index contributed by atoms with van der Waals surface area (Å²) in [6, 6.07) is 8.08. The summed E-state index contributed by atoms with van der Waals surface area (Å²) in [7, 11) is 0. The molecule has 0 radical (unpaired) electrons. The van der Waals surface area contributed by atoms with Gasteiger partial charge < -0.3 is 19.4 Å². The van der Waals surface area contributed by atoms with Crippen LogP contribution in [0.25, 0.3) is 10.9 Å². The third-order valence-electron chi connectivity index (χ3n) is 4.44. The Kier molecular flexibility index (Phi) is 3.65. The molecule has 24 heavy (non-hydrogen) atoms. The Labute approximate surface area is 139 Å². The number of carbonyl (C=O) groups is 2. The molecule has 3 heterocycles. The molecule has 2 aromatic rings. The smallest absolute Gasteiger partial charge is 0.414 e. The number of amides is 2. The number of aromatic nitrogens is 1. The van der Waals surface area contributed by atoms with Gasteiger partial charge in [0.25, 0.3) is 0 Å². The monoisotopic (exact) mass is 329 g/mol. The van der Waals surface area contributed by atoms with Gasteiger partial charge in [-0.25, -0.2) is 4.79 Å². The van der Waals surface area contributed by atoms with Crippen LogP contribution in [-0.4, -0.2) is 42.4 Å². The first-order valence-corrected chi connectivity index (χ1v) is 8.04. The van der Waals surface area contributed by atoms with Gasteiger partial charge in [0.05, 0.1) is 26.3 Å². The SMILES string of the molecule is CC(=O)NCC1CN(c2ccc3c(c2)cc2n3CCOC2)C(=O)O1. The van der Waals surface area contributed by atoms with E-state index in [0.717, 1.165) is 35.4 Å². The second kappa shape index (κ2) is 5.83. The Morgan fingerprint density at radius 3 is 3.08 bits per heavy atom. The Balaban J connectivity index is 1.58. The minimum Gasteiger partial charge on any atom is -0.442 e. The summed E-state index contributed by atoms with van der Waals surface area (Å²) in [5, 5.41) is 3.77. The van der Waals surface area contributed by atoms with Crippen LogP contribution in [0.15, 0.2) is 24.3 Å². The summed E-state index contributed by atoms with van der Waals surface area (Å²) >= 11 is 0. The van der Waals surface area contributed by atoms with Gasteiger partial charge in [0.15, 0.2) is 0 Å². The van der Waals surface area contributed by atoms with Crippen LogP contribution in [0.4, 0.5) is 10.5 Å². The molecule has 0 saturated carbocycles. The molecule has 0 aliphatic carbocycles. The van der Waals surface area contributed by atoms with Crippen molar-refractivity contribution in [3.8, 4) is 0 Å². The Morgan fingerprint density at radius 2 is 2.25 bits per heavy atom. The molecule has 7 nitrogen and oxygen atoms in total. The van der Waals surface area contributed by atoms with Crippen LogP contribution < -0.4 is 10.2 Å². The largest absolute Gasteiger partial charge is 0.442 e. The van der Waals surface area contributed by atoms with Crippen molar-refractivity contribution in [2.75, 3.05) is 24.6 Å². The maximum Gasteiger partial charge on any atom is 0.414 e. The normalized spacial score (nSPS) is 20.1. The van der Waals surface area contributed by atoms with Crippen LogP contribution >= 0.6 is 0 Å². The Hall–Kier alpha value is -2.54. The highest BCUT2D eigenvalue weighted by Crippen LogP contribution is 2.29. The number of benzene rings is 1. The zero-order chi connectivity index (χ0) is 16.7. The number of nitrogens with zero attached hydrogens (tertiary/aromatic N) is 2. The lowest BCUT2D eigenvalue weighted by Crippen LogP contribution is -2.33. The van der Waals surface area contributed by atoms with Gasteiger partial charge in [0.2, 0.25) is 5.91 Å². The van der Waals surface area contributed by atoms with E-state index >= 15 is 0 Å². The number of carbonyl (C=O) groups excluding carboxylic acids is 2. The first-order valence-electron chi connectivity index (χ1n) is 8.04. The lowest BCUT2D eigenvalue weighted by Gasteiger charge is -2.17. The number of hydrogen-bond acceptors (Lipinski definition) is 4. The highest BCUT2D eigenvalue weighted by atomic mass is 16.6. The highest BCUT2D eigenvalue weighted by molar-refractivity contribution is 5.94. The van der Waals surface area contributed by atoms with Crippen molar-refractivity contribution in [2.45, 2.75) is 26.2 Å². The fourth-order valence-corrected chi connectivity index (χ4v) is 3.30. The summed E-state index contributed by atoms with van der Waals surface area (Å²) in [5.41, 5.74) is 3.11. The number of ether oxygens (including phenoxy) is 2. The fraction of sp³-hybridized carbons (Fsp3) is 0.412. The molecule has 0 bridgehead atoms. The first kappa shape index (κ1) is 15.0. The maximum absolute atomic E-state index is 12.1. The average molecular weight is 329 g/mol. The standard InChI is InChI=1S/C17H19N3O4/c1-11(21)18-8-15-9-20(17(22)24-15)13-2-3-16-12(6-13)7-14-10-23-5-4-19(14)16/h2-3,6-7,15H,4-5,8-10H2,1H3,(H,18,21). The van der Waals surface area contributed by atoms with Crippen molar-refractivity contribution in [3.05, 3.63) is 30.0 Å². The molecule has 4 rings (SSSR count). The zero-order valence-electron chi connectivity index (χ0n) is 13.4. The number of hydrogen-bond donors (Lipinski definition) is 1. The van der Waals surface area contributed by atoms with E-state index in [0.29, 0.717) is 19.7 Å². The molecule has 7 heteroatoms. The molecular formula is C17H19N3O4. The molecule has 2 amide bonds. The van der Waals surface area contributed by atoms with Crippen molar-refractivity contribution in [3.63, 3.8) is 0 Å². The predicted molar refractivity (Wildman–Crippen MR) is 87.9 cm³/mol. The van der Waals surface area contributed by atoms with Gasteiger partial charge in [0, 0.05) is 35.8 Å².